The molecule has 4 heterocycles. The number of nitrogens with zero attached hydrogens (tertiary/aromatic N) is 6. The van der Waals surface area contributed by atoms with E-state index in [9.17, 15) is 0 Å². The van der Waals surface area contributed by atoms with Crippen molar-refractivity contribution in [2.75, 3.05) is 18.0 Å². The van der Waals surface area contributed by atoms with Crippen molar-refractivity contribution in [2.24, 2.45) is 0 Å². The van der Waals surface area contributed by atoms with E-state index in [1.807, 2.05) is 25.3 Å². The van der Waals surface area contributed by atoms with Crippen LogP contribution in [0.25, 0.3) is 11.4 Å². The minimum Gasteiger partial charge on any atom is -0.356 e. The molecule has 3 aromatic rings. The highest BCUT2D eigenvalue weighted by atomic mass is 15.2. The number of aromatic amines is 1. The maximum absolute atomic E-state index is 5.00. The number of H-pyrrole nitrogens is 1. The summed E-state index contributed by atoms with van der Waals surface area (Å²) >= 11 is 0. The third-order valence-corrected chi connectivity index (χ3v) is 5.53. The van der Waals surface area contributed by atoms with Gasteiger partial charge in [-0.1, -0.05) is 0 Å². The highest BCUT2D eigenvalue weighted by Crippen LogP contribution is 2.34. The zero-order chi connectivity index (χ0) is 18.2. The molecule has 2 aliphatic rings. The molecule has 27 heavy (non-hydrogen) atoms. The van der Waals surface area contributed by atoms with Gasteiger partial charge in [0.15, 0.2) is 11.6 Å². The van der Waals surface area contributed by atoms with Gasteiger partial charge in [-0.05, 0) is 51.2 Å². The molecule has 3 aromatic heterocycles. The molecule has 1 aliphatic carbocycles. The van der Waals surface area contributed by atoms with Crippen LogP contribution < -0.4 is 4.90 Å². The van der Waals surface area contributed by atoms with Crippen LogP contribution in [0.4, 0.5) is 5.82 Å². The van der Waals surface area contributed by atoms with E-state index in [2.05, 4.69) is 25.1 Å². The molecule has 0 aromatic carbocycles. The average Bonchev–Trinajstić information content (AvgIpc) is 3.37. The fourth-order valence-electron chi connectivity index (χ4n) is 4.22. The predicted octanol–water partition coefficient (Wildman–Crippen LogP) is 2.84. The number of pyridine rings is 1. The summed E-state index contributed by atoms with van der Waals surface area (Å²) in [5.41, 5.74) is 3.51. The fraction of sp³-hybridized carbons (Fsp3) is 0.450. The zero-order valence-corrected chi connectivity index (χ0v) is 15.5. The van der Waals surface area contributed by atoms with Crippen molar-refractivity contribution >= 4 is 5.82 Å². The molecule has 1 atom stereocenters. The smallest absolute Gasteiger partial charge is 0.163 e. The van der Waals surface area contributed by atoms with Gasteiger partial charge in [-0.3, -0.25) is 10.1 Å². The van der Waals surface area contributed by atoms with Crippen LogP contribution in [0, 0.1) is 6.92 Å². The fourth-order valence-corrected chi connectivity index (χ4v) is 4.22. The van der Waals surface area contributed by atoms with E-state index in [0.717, 1.165) is 74.0 Å². The first-order valence-electron chi connectivity index (χ1n) is 9.72. The summed E-state index contributed by atoms with van der Waals surface area (Å²) in [7, 11) is 0. The summed E-state index contributed by atoms with van der Waals surface area (Å²) < 4.78 is 0. The summed E-state index contributed by atoms with van der Waals surface area (Å²) in [5.74, 6) is 4.04. The number of aromatic nitrogens is 6. The van der Waals surface area contributed by atoms with Crippen molar-refractivity contribution in [2.45, 2.75) is 44.9 Å². The zero-order valence-electron chi connectivity index (χ0n) is 15.5. The number of hydrogen-bond acceptors (Lipinski definition) is 6. The summed E-state index contributed by atoms with van der Waals surface area (Å²) in [6, 6.07) is 3.97. The molecule has 1 aliphatic heterocycles. The van der Waals surface area contributed by atoms with Crippen molar-refractivity contribution in [1.29, 1.82) is 0 Å². The van der Waals surface area contributed by atoms with Gasteiger partial charge in [0, 0.05) is 48.2 Å². The first-order valence-corrected chi connectivity index (χ1v) is 9.72. The molecule has 1 unspecified atom stereocenters. The Bertz CT molecular complexity index is 950. The lowest BCUT2D eigenvalue weighted by atomic mass is 9.97. The van der Waals surface area contributed by atoms with Crippen molar-refractivity contribution in [1.82, 2.24) is 30.1 Å². The van der Waals surface area contributed by atoms with Crippen molar-refractivity contribution in [3.63, 3.8) is 0 Å². The van der Waals surface area contributed by atoms with Gasteiger partial charge >= 0.3 is 0 Å². The molecular formula is C20H23N7. The van der Waals surface area contributed by atoms with Gasteiger partial charge in [0.2, 0.25) is 0 Å². The molecule has 138 valence electrons. The first kappa shape index (κ1) is 16.4. The minimum atomic E-state index is 0.345. The van der Waals surface area contributed by atoms with Crippen LogP contribution >= 0.6 is 0 Å². The van der Waals surface area contributed by atoms with Crippen molar-refractivity contribution in [3.05, 3.63) is 47.4 Å². The predicted molar refractivity (Wildman–Crippen MR) is 103 cm³/mol. The number of piperidine rings is 1. The molecule has 1 saturated heterocycles. The van der Waals surface area contributed by atoms with E-state index >= 15 is 0 Å². The third-order valence-electron chi connectivity index (χ3n) is 5.53. The lowest BCUT2D eigenvalue weighted by Crippen LogP contribution is -2.36. The normalized spacial score (nSPS) is 19.3. The van der Waals surface area contributed by atoms with Crippen LogP contribution in [0.15, 0.2) is 24.5 Å². The summed E-state index contributed by atoms with van der Waals surface area (Å²) in [4.78, 5) is 21.1. The molecule has 7 nitrogen and oxygen atoms in total. The van der Waals surface area contributed by atoms with Crippen LogP contribution in [-0.2, 0) is 12.8 Å². The Morgan fingerprint density at radius 2 is 2.11 bits per heavy atom. The standard InChI is InChI=1S/C20H23N7/c1-13-22-19(26-25-13)15-6-4-10-27(12-15)20-16-7-2-8-17(16)23-18(24-20)14-5-3-9-21-11-14/h3,5,9,11,15H,2,4,6-8,10,12H2,1H3,(H,22,25,26). The second-order valence-electron chi connectivity index (χ2n) is 7.46. The molecule has 0 amide bonds. The SMILES string of the molecule is Cc1nc(C2CCCN(c3nc(-c4cccnc4)nc4c3CCC4)C2)n[nH]1. The highest BCUT2D eigenvalue weighted by Gasteiger charge is 2.29. The number of anilines is 1. The Labute approximate surface area is 158 Å². The molecule has 0 spiro atoms. The van der Waals surface area contributed by atoms with E-state index in [1.54, 1.807) is 6.20 Å². The van der Waals surface area contributed by atoms with Gasteiger partial charge < -0.3 is 4.90 Å². The maximum Gasteiger partial charge on any atom is 0.163 e. The average molecular weight is 361 g/mol. The van der Waals surface area contributed by atoms with Gasteiger partial charge in [-0.2, -0.15) is 5.10 Å². The summed E-state index contributed by atoms with van der Waals surface area (Å²) in [6.45, 7) is 3.89. The number of aryl methyl sites for hydroxylation is 2. The number of fused-ring (bicyclic) bond motifs is 1. The van der Waals surface area contributed by atoms with Crippen LogP contribution in [-0.4, -0.2) is 43.2 Å². The van der Waals surface area contributed by atoms with Crippen molar-refractivity contribution in [3.8, 4) is 11.4 Å². The minimum absolute atomic E-state index is 0.345. The molecule has 7 heteroatoms. The Kier molecular flexibility index (Phi) is 4.07. The number of rotatable bonds is 3. The molecule has 0 bridgehead atoms. The lowest BCUT2D eigenvalue weighted by Gasteiger charge is -2.33. The van der Waals surface area contributed by atoms with Gasteiger partial charge in [-0.15, -0.1) is 0 Å². The van der Waals surface area contributed by atoms with Gasteiger partial charge in [-0.25, -0.2) is 15.0 Å². The van der Waals surface area contributed by atoms with Gasteiger partial charge in [0.1, 0.15) is 11.6 Å². The largest absolute Gasteiger partial charge is 0.356 e. The Hall–Kier alpha value is -2.83. The van der Waals surface area contributed by atoms with Crippen LogP contribution in [0.5, 0.6) is 0 Å². The second-order valence-corrected chi connectivity index (χ2v) is 7.46. The first-order chi connectivity index (χ1) is 13.3. The highest BCUT2D eigenvalue weighted by molar-refractivity contribution is 5.61. The second kappa shape index (κ2) is 6.72. The maximum atomic E-state index is 5.00. The van der Waals surface area contributed by atoms with E-state index in [-0.39, 0.29) is 0 Å². The van der Waals surface area contributed by atoms with Crippen LogP contribution in [0.2, 0.25) is 0 Å². The molecule has 5 rings (SSSR count). The quantitative estimate of drug-likeness (QED) is 0.772. The van der Waals surface area contributed by atoms with E-state index in [4.69, 9.17) is 9.97 Å². The van der Waals surface area contributed by atoms with E-state index in [0.29, 0.717) is 5.92 Å². The third kappa shape index (κ3) is 3.07. The molecule has 0 saturated carbocycles. The summed E-state index contributed by atoms with van der Waals surface area (Å²) in [5, 5.41) is 7.38. The van der Waals surface area contributed by atoms with Crippen LogP contribution in [0.3, 0.4) is 0 Å². The van der Waals surface area contributed by atoms with Gasteiger partial charge in [0.05, 0.1) is 0 Å². The van der Waals surface area contributed by atoms with Crippen LogP contribution in [0.1, 0.15) is 48.1 Å². The molecular weight excluding hydrogens is 338 g/mol. The topological polar surface area (TPSA) is 83.5 Å². The molecule has 1 N–H and O–H groups in total. The number of nitrogens with one attached hydrogen (secondary N) is 1. The monoisotopic (exact) mass is 361 g/mol. The molecule has 0 radical (unpaired) electrons. The Morgan fingerprint density at radius 1 is 1.15 bits per heavy atom. The Morgan fingerprint density at radius 3 is 2.93 bits per heavy atom. The lowest BCUT2D eigenvalue weighted by molar-refractivity contribution is 0.489. The van der Waals surface area contributed by atoms with E-state index in [1.165, 1.54) is 11.3 Å². The summed E-state index contributed by atoms with van der Waals surface area (Å²) in [6.07, 6.45) is 9.14. The van der Waals surface area contributed by atoms with Crippen molar-refractivity contribution < 1.29 is 0 Å². The van der Waals surface area contributed by atoms with E-state index < -0.39 is 0 Å². The Balaban J connectivity index is 1.51. The molecule has 1 fully saturated rings. The van der Waals surface area contributed by atoms with Gasteiger partial charge in [0.25, 0.3) is 0 Å². The number of hydrogen-bond donors (Lipinski definition) is 1.